The Hall–Kier alpha value is -3.02. The molecular weight excluding hydrogens is 296 g/mol. The summed E-state index contributed by atoms with van der Waals surface area (Å²) in [6.45, 7) is 2.24. The summed E-state index contributed by atoms with van der Waals surface area (Å²) in [5.74, 6) is 0.0588. The maximum atomic E-state index is 12.4. The predicted molar refractivity (Wildman–Crippen MR) is 85.8 cm³/mol. The summed E-state index contributed by atoms with van der Waals surface area (Å²) in [5, 5.41) is 5.25. The number of rotatable bonds is 6. The molecule has 1 aromatic heterocycles. The number of furan rings is 1. The van der Waals surface area contributed by atoms with Crippen molar-refractivity contribution < 1.29 is 18.7 Å². The fourth-order valence-corrected chi connectivity index (χ4v) is 1.95. The van der Waals surface area contributed by atoms with Crippen molar-refractivity contribution in [2.45, 2.75) is 6.92 Å². The molecule has 23 heavy (non-hydrogen) atoms. The average molecular weight is 314 g/mol. The van der Waals surface area contributed by atoms with Gasteiger partial charge in [-0.05, 0) is 31.2 Å². The van der Waals surface area contributed by atoms with Crippen molar-refractivity contribution in [3.8, 4) is 5.75 Å². The van der Waals surface area contributed by atoms with Gasteiger partial charge in [0.2, 0.25) is 0 Å². The highest BCUT2D eigenvalue weighted by atomic mass is 16.5. The van der Waals surface area contributed by atoms with E-state index in [4.69, 9.17) is 9.15 Å². The second kappa shape index (κ2) is 7.84. The Bertz CT molecular complexity index is 705. The van der Waals surface area contributed by atoms with E-state index in [-0.39, 0.29) is 5.70 Å². The Morgan fingerprint density at radius 2 is 2.00 bits per heavy atom. The summed E-state index contributed by atoms with van der Waals surface area (Å²) in [7, 11) is 1.48. The number of hydrogen-bond donors (Lipinski definition) is 2. The van der Waals surface area contributed by atoms with Gasteiger partial charge in [-0.2, -0.15) is 0 Å². The lowest BCUT2D eigenvalue weighted by molar-refractivity contribution is -0.117. The van der Waals surface area contributed by atoms with Gasteiger partial charge in [0.05, 0.1) is 18.9 Å². The van der Waals surface area contributed by atoms with E-state index in [1.54, 1.807) is 43.3 Å². The van der Waals surface area contributed by atoms with Crippen LogP contribution < -0.4 is 15.4 Å². The Balaban J connectivity index is 2.27. The van der Waals surface area contributed by atoms with Crippen molar-refractivity contribution in [1.29, 1.82) is 0 Å². The monoisotopic (exact) mass is 314 g/mol. The lowest BCUT2D eigenvalue weighted by Gasteiger charge is -2.11. The molecule has 0 aliphatic heterocycles. The highest BCUT2D eigenvalue weighted by Gasteiger charge is 2.17. The second-order valence-corrected chi connectivity index (χ2v) is 4.59. The Labute approximate surface area is 134 Å². The molecule has 2 amide bonds. The van der Waals surface area contributed by atoms with Gasteiger partial charge in [-0.25, -0.2) is 0 Å². The van der Waals surface area contributed by atoms with Crippen molar-refractivity contribution in [2.75, 3.05) is 13.7 Å². The molecule has 1 heterocycles. The van der Waals surface area contributed by atoms with Crippen LogP contribution in [0.15, 0.2) is 52.8 Å². The number of para-hydroxylation sites is 1. The van der Waals surface area contributed by atoms with E-state index in [0.29, 0.717) is 23.6 Å². The molecule has 2 rings (SSSR count). The van der Waals surface area contributed by atoms with Gasteiger partial charge >= 0.3 is 0 Å². The first-order chi connectivity index (χ1) is 11.2. The fraction of sp³-hybridized carbons (Fsp3) is 0.176. The number of carbonyl (C=O) groups excluding carboxylic acids is 2. The molecule has 0 fully saturated rings. The molecule has 6 heteroatoms. The topological polar surface area (TPSA) is 80.6 Å². The van der Waals surface area contributed by atoms with E-state index in [0.717, 1.165) is 0 Å². The lowest BCUT2D eigenvalue weighted by atomic mass is 10.2. The number of hydrogen-bond acceptors (Lipinski definition) is 4. The molecule has 0 saturated heterocycles. The highest BCUT2D eigenvalue weighted by molar-refractivity contribution is 6.06. The summed E-state index contributed by atoms with van der Waals surface area (Å²) >= 11 is 0. The molecule has 0 atom stereocenters. The van der Waals surface area contributed by atoms with Crippen molar-refractivity contribution >= 4 is 17.9 Å². The zero-order chi connectivity index (χ0) is 16.7. The molecular formula is C17H18N2O4. The van der Waals surface area contributed by atoms with Crippen molar-refractivity contribution in [1.82, 2.24) is 10.6 Å². The molecule has 120 valence electrons. The standard InChI is InChI=1S/C17H18N2O4/c1-3-18-17(21)14(11-12-7-6-10-23-12)19-16(20)13-8-4-5-9-15(13)22-2/h4-11H,3H2,1-2H3,(H,18,21)(H,19,20). The SMILES string of the molecule is CCNC(=O)C(=Cc1ccco1)NC(=O)c1ccccc1OC. The van der Waals surface area contributed by atoms with Gasteiger partial charge in [-0.1, -0.05) is 12.1 Å². The van der Waals surface area contributed by atoms with Gasteiger partial charge in [-0.15, -0.1) is 0 Å². The predicted octanol–water partition coefficient (Wildman–Crippen LogP) is 2.20. The quantitative estimate of drug-likeness (QED) is 0.801. The van der Waals surface area contributed by atoms with Crippen LogP contribution in [0.4, 0.5) is 0 Å². The molecule has 0 spiro atoms. The van der Waals surface area contributed by atoms with Gasteiger partial charge in [0.15, 0.2) is 0 Å². The minimum absolute atomic E-state index is 0.0951. The zero-order valence-electron chi connectivity index (χ0n) is 13.0. The first-order valence-electron chi connectivity index (χ1n) is 7.13. The first kappa shape index (κ1) is 16.4. The molecule has 2 aromatic rings. The van der Waals surface area contributed by atoms with Crippen molar-refractivity contribution in [3.63, 3.8) is 0 Å². The third-order valence-corrected chi connectivity index (χ3v) is 3.01. The van der Waals surface area contributed by atoms with Gasteiger partial charge in [0, 0.05) is 12.6 Å². The molecule has 1 aromatic carbocycles. The number of methoxy groups -OCH3 is 1. The van der Waals surface area contributed by atoms with E-state index in [9.17, 15) is 9.59 Å². The third-order valence-electron chi connectivity index (χ3n) is 3.01. The highest BCUT2D eigenvalue weighted by Crippen LogP contribution is 2.17. The number of ether oxygens (including phenoxy) is 1. The summed E-state index contributed by atoms with van der Waals surface area (Å²) in [5.41, 5.74) is 0.433. The van der Waals surface area contributed by atoms with E-state index in [1.165, 1.54) is 19.4 Å². The smallest absolute Gasteiger partial charge is 0.267 e. The minimum Gasteiger partial charge on any atom is -0.496 e. The van der Waals surface area contributed by atoms with Crippen LogP contribution >= 0.6 is 0 Å². The van der Waals surface area contributed by atoms with Crippen LogP contribution in [0.5, 0.6) is 5.75 Å². The lowest BCUT2D eigenvalue weighted by Crippen LogP contribution is -2.34. The largest absolute Gasteiger partial charge is 0.496 e. The normalized spacial score (nSPS) is 11.0. The molecule has 6 nitrogen and oxygen atoms in total. The van der Waals surface area contributed by atoms with Gasteiger partial charge in [0.1, 0.15) is 17.2 Å². The summed E-state index contributed by atoms with van der Waals surface area (Å²) < 4.78 is 10.4. The van der Waals surface area contributed by atoms with E-state index in [1.807, 2.05) is 0 Å². The summed E-state index contributed by atoms with van der Waals surface area (Å²) in [6, 6.07) is 10.2. The number of nitrogens with one attached hydrogen (secondary N) is 2. The van der Waals surface area contributed by atoms with Gasteiger partial charge in [-0.3, -0.25) is 9.59 Å². The Kier molecular flexibility index (Phi) is 5.57. The second-order valence-electron chi connectivity index (χ2n) is 4.59. The van der Waals surface area contributed by atoms with Crippen LogP contribution in [0.2, 0.25) is 0 Å². The average Bonchev–Trinajstić information content (AvgIpc) is 3.07. The van der Waals surface area contributed by atoms with Gasteiger partial charge < -0.3 is 19.8 Å². The molecule has 0 bridgehead atoms. The molecule has 0 aliphatic rings. The van der Waals surface area contributed by atoms with E-state index < -0.39 is 11.8 Å². The number of benzene rings is 1. The van der Waals surface area contributed by atoms with E-state index >= 15 is 0 Å². The molecule has 0 radical (unpaired) electrons. The van der Waals surface area contributed by atoms with Crippen LogP contribution in [0.25, 0.3) is 6.08 Å². The number of carbonyl (C=O) groups is 2. The van der Waals surface area contributed by atoms with Gasteiger partial charge in [0.25, 0.3) is 11.8 Å². The first-order valence-corrected chi connectivity index (χ1v) is 7.13. The number of amides is 2. The Morgan fingerprint density at radius 3 is 2.65 bits per heavy atom. The van der Waals surface area contributed by atoms with E-state index in [2.05, 4.69) is 10.6 Å². The van der Waals surface area contributed by atoms with Crippen LogP contribution in [-0.2, 0) is 4.79 Å². The Morgan fingerprint density at radius 1 is 1.22 bits per heavy atom. The fourth-order valence-electron chi connectivity index (χ4n) is 1.95. The molecule has 0 saturated carbocycles. The molecule has 2 N–H and O–H groups in total. The van der Waals surface area contributed by atoms with Crippen molar-refractivity contribution in [2.24, 2.45) is 0 Å². The number of likely N-dealkylation sites (N-methyl/N-ethyl adjacent to an activating group) is 1. The zero-order valence-corrected chi connectivity index (χ0v) is 13.0. The maximum absolute atomic E-state index is 12.4. The minimum atomic E-state index is -0.438. The van der Waals surface area contributed by atoms with Crippen LogP contribution in [0.1, 0.15) is 23.0 Å². The third kappa shape index (κ3) is 4.23. The van der Waals surface area contributed by atoms with Crippen LogP contribution in [0.3, 0.4) is 0 Å². The summed E-state index contributed by atoms with van der Waals surface area (Å²) in [4.78, 5) is 24.6. The summed E-state index contributed by atoms with van der Waals surface area (Å²) in [6.07, 6.45) is 2.96. The van der Waals surface area contributed by atoms with Crippen molar-refractivity contribution in [3.05, 3.63) is 59.7 Å². The van der Waals surface area contributed by atoms with Crippen LogP contribution in [-0.4, -0.2) is 25.5 Å². The molecule has 0 unspecified atom stereocenters. The molecule has 0 aliphatic carbocycles. The maximum Gasteiger partial charge on any atom is 0.267 e. The van der Waals surface area contributed by atoms with Crippen LogP contribution in [0, 0.1) is 0 Å².